The van der Waals surface area contributed by atoms with Crippen molar-refractivity contribution in [2.75, 3.05) is 17.6 Å². The average molecular weight is 495 g/mol. The highest BCUT2D eigenvalue weighted by atomic mass is 127. The summed E-state index contributed by atoms with van der Waals surface area (Å²) in [5.41, 5.74) is 0.426. The third kappa shape index (κ3) is 17.3. The molecule has 0 saturated carbocycles. The fourth-order valence-corrected chi connectivity index (χ4v) is 5.02. The third-order valence-electron chi connectivity index (χ3n) is 6.33. The number of ether oxygens (including phenoxy) is 1. The van der Waals surface area contributed by atoms with E-state index in [1.165, 1.54) is 120 Å². The topological polar surface area (TPSA) is 9.23 Å². The zero-order chi connectivity index (χ0) is 20.1. The number of rotatable bonds is 22. The number of hydrogen-bond acceptors (Lipinski definition) is 1. The van der Waals surface area contributed by atoms with E-state index in [4.69, 9.17) is 4.74 Å². The molecule has 0 saturated heterocycles. The summed E-state index contributed by atoms with van der Waals surface area (Å²) in [5, 5.41) is 0. The van der Waals surface area contributed by atoms with Crippen LogP contribution in [0.25, 0.3) is 0 Å². The van der Waals surface area contributed by atoms with Crippen LogP contribution in [-0.4, -0.2) is 17.6 Å². The molecule has 0 aliphatic rings. The summed E-state index contributed by atoms with van der Waals surface area (Å²) in [4.78, 5) is 0. The number of unbranched alkanes of at least 4 members (excludes halogenated alkanes) is 15. The predicted molar refractivity (Wildman–Crippen MR) is 132 cm³/mol. The van der Waals surface area contributed by atoms with Gasteiger partial charge in [-0.3, -0.25) is 0 Å². The number of halogens is 1. The van der Waals surface area contributed by atoms with Crippen molar-refractivity contribution in [3.05, 3.63) is 0 Å². The molecule has 0 aliphatic heterocycles. The van der Waals surface area contributed by atoms with Gasteiger partial charge >= 0.3 is 0 Å². The van der Waals surface area contributed by atoms with E-state index in [-0.39, 0.29) is 0 Å². The van der Waals surface area contributed by atoms with Crippen LogP contribution in [0.15, 0.2) is 0 Å². The molecule has 0 aromatic carbocycles. The van der Waals surface area contributed by atoms with Gasteiger partial charge in [0.25, 0.3) is 0 Å². The van der Waals surface area contributed by atoms with Gasteiger partial charge in [-0.15, -0.1) is 0 Å². The van der Waals surface area contributed by atoms with E-state index in [1.807, 2.05) is 0 Å². The molecule has 0 rings (SSSR count). The summed E-state index contributed by atoms with van der Waals surface area (Å²) >= 11 is 2.53. The lowest BCUT2D eigenvalue weighted by molar-refractivity contribution is 0.0503. The molecule has 2 heteroatoms. The predicted octanol–water partition coefficient (Wildman–Crippen LogP) is 9.51. The minimum absolute atomic E-state index is 0.426. The van der Waals surface area contributed by atoms with Crippen LogP contribution in [0.4, 0.5) is 0 Å². The second-order valence-corrected chi connectivity index (χ2v) is 9.46. The number of hydrogen-bond donors (Lipinski definition) is 0. The monoisotopic (exact) mass is 494 g/mol. The normalized spacial score (nSPS) is 12.0. The van der Waals surface area contributed by atoms with Gasteiger partial charge in [0.05, 0.1) is 6.61 Å². The van der Waals surface area contributed by atoms with E-state index in [2.05, 4.69) is 43.4 Å². The Morgan fingerprint density at radius 1 is 0.556 bits per heavy atom. The van der Waals surface area contributed by atoms with E-state index in [1.54, 1.807) is 0 Å². The van der Waals surface area contributed by atoms with Crippen molar-refractivity contribution in [2.24, 2.45) is 5.41 Å². The molecule has 0 radical (unpaired) electrons. The van der Waals surface area contributed by atoms with Gasteiger partial charge in [0.1, 0.15) is 0 Å². The zero-order valence-electron chi connectivity index (χ0n) is 19.1. The van der Waals surface area contributed by atoms with Gasteiger partial charge in [0.2, 0.25) is 0 Å². The molecule has 0 aromatic rings. The Morgan fingerprint density at radius 2 is 0.926 bits per heavy atom. The second kappa shape index (κ2) is 21.4. The lowest BCUT2D eigenvalue weighted by Gasteiger charge is -2.29. The van der Waals surface area contributed by atoms with Crippen molar-refractivity contribution in [3.63, 3.8) is 0 Å². The van der Waals surface area contributed by atoms with Crippen molar-refractivity contribution in [1.29, 1.82) is 0 Å². The van der Waals surface area contributed by atoms with Gasteiger partial charge in [-0.05, 0) is 19.3 Å². The highest BCUT2D eigenvalue weighted by molar-refractivity contribution is 14.1. The summed E-state index contributed by atoms with van der Waals surface area (Å²) in [6, 6.07) is 0. The van der Waals surface area contributed by atoms with Crippen molar-refractivity contribution in [3.8, 4) is 0 Å². The van der Waals surface area contributed by atoms with Crippen LogP contribution in [0, 0.1) is 5.41 Å². The van der Waals surface area contributed by atoms with Crippen LogP contribution in [0.2, 0.25) is 0 Å². The molecule has 0 bridgehead atoms. The lowest BCUT2D eigenvalue weighted by Crippen LogP contribution is -2.27. The maximum absolute atomic E-state index is 5.99. The van der Waals surface area contributed by atoms with E-state index in [0.717, 1.165) is 13.2 Å². The maximum atomic E-state index is 5.99. The van der Waals surface area contributed by atoms with Crippen molar-refractivity contribution < 1.29 is 4.74 Å². The first-order valence-corrected chi connectivity index (χ1v) is 13.9. The maximum Gasteiger partial charge on any atom is 0.0529 e. The third-order valence-corrected chi connectivity index (χ3v) is 7.95. The molecule has 0 N–H and O–H groups in total. The molecule has 0 fully saturated rings. The van der Waals surface area contributed by atoms with Crippen LogP contribution in [0.1, 0.15) is 136 Å². The molecule has 0 atom stereocenters. The fourth-order valence-electron chi connectivity index (χ4n) is 3.72. The largest absolute Gasteiger partial charge is 0.381 e. The summed E-state index contributed by atoms with van der Waals surface area (Å²) in [6.45, 7) is 8.84. The van der Waals surface area contributed by atoms with Gasteiger partial charge in [0, 0.05) is 16.4 Å². The first-order valence-electron chi connectivity index (χ1n) is 12.4. The highest BCUT2D eigenvalue weighted by Crippen LogP contribution is 2.29. The zero-order valence-corrected chi connectivity index (χ0v) is 21.3. The van der Waals surface area contributed by atoms with Gasteiger partial charge in [-0.2, -0.15) is 0 Å². The van der Waals surface area contributed by atoms with Crippen LogP contribution < -0.4 is 0 Å². The summed E-state index contributed by atoms with van der Waals surface area (Å²) in [6.07, 6.45) is 25.4. The lowest BCUT2D eigenvalue weighted by atomic mass is 9.86. The first-order chi connectivity index (χ1) is 13.2. The van der Waals surface area contributed by atoms with Gasteiger partial charge in [0.15, 0.2) is 0 Å². The van der Waals surface area contributed by atoms with E-state index >= 15 is 0 Å². The molecule has 0 unspecified atom stereocenters. The second-order valence-electron chi connectivity index (χ2n) is 8.70. The van der Waals surface area contributed by atoms with Gasteiger partial charge in [-0.25, -0.2) is 0 Å². The van der Waals surface area contributed by atoms with Crippen molar-refractivity contribution >= 4 is 22.6 Å². The first kappa shape index (κ1) is 27.7. The Labute approximate surface area is 186 Å². The molecule has 0 spiro atoms. The molecule has 0 heterocycles. The minimum atomic E-state index is 0.426. The van der Waals surface area contributed by atoms with Crippen LogP contribution in [-0.2, 0) is 4.74 Å². The Kier molecular flexibility index (Phi) is 21.9. The molecule has 0 amide bonds. The molecule has 0 aliphatic carbocycles. The van der Waals surface area contributed by atoms with Crippen LogP contribution >= 0.6 is 22.6 Å². The van der Waals surface area contributed by atoms with Crippen LogP contribution in [0.3, 0.4) is 0 Å². The molecule has 0 aromatic heterocycles. The van der Waals surface area contributed by atoms with E-state index in [9.17, 15) is 0 Å². The molecule has 27 heavy (non-hydrogen) atoms. The Morgan fingerprint density at radius 3 is 1.26 bits per heavy atom. The van der Waals surface area contributed by atoms with Crippen LogP contribution in [0.5, 0.6) is 0 Å². The molecular weight excluding hydrogens is 443 g/mol. The SMILES string of the molecule is CCCCCCCCCCCCCCCCCCOCC(CC)(CC)CI. The van der Waals surface area contributed by atoms with Gasteiger partial charge < -0.3 is 4.74 Å². The summed E-state index contributed by atoms with van der Waals surface area (Å²) in [5.74, 6) is 0. The number of alkyl halides is 1. The van der Waals surface area contributed by atoms with Gasteiger partial charge in [-0.1, -0.05) is 140 Å². The van der Waals surface area contributed by atoms with E-state index in [0.29, 0.717) is 5.41 Å². The minimum Gasteiger partial charge on any atom is -0.381 e. The summed E-state index contributed by atoms with van der Waals surface area (Å²) < 4.78 is 7.21. The molecular formula is C25H51IO. The smallest absolute Gasteiger partial charge is 0.0529 e. The molecule has 1 nitrogen and oxygen atoms in total. The highest BCUT2D eigenvalue weighted by Gasteiger charge is 2.24. The Balaban J connectivity index is 3.19. The Bertz CT molecular complexity index is 267. The quantitative estimate of drug-likeness (QED) is 0.0827. The summed E-state index contributed by atoms with van der Waals surface area (Å²) in [7, 11) is 0. The Hall–Kier alpha value is 0.690. The van der Waals surface area contributed by atoms with Crippen molar-refractivity contribution in [1.82, 2.24) is 0 Å². The van der Waals surface area contributed by atoms with Crippen molar-refractivity contribution in [2.45, 2.75) is 136 Å². The average Bonchev–Trinajstić information content (AvgIpc) is 2.70. The fraction of sp³-hybridized carbons (Fsp3) is 1.00. The van der Waals surface area contributed by atoms with E-state index < -0.39 is 0 Å². The standard InChI is InChI=1S/C25H51IO/c1-4-7-8-9-10-11-12-13-14-15-16-17-18-19-20-21-22-27-24-25(5-2,6-3)23-26/h4-24H2,1-3H3. The molecule has 164 valence electrons.